The number of carboxylic acid groups (broad SMARTS) is 1. The summed E-state index contributed by atoms with van der Waals surface area (Å²) in [6.45, 7) is 2.80. The lowest BCUT2D eigenvalue weighted by atomic mass is 10.1. The summed E-state index contributed by atoms with van der Waals surface area (Å²) in [5.41, 5.74) is 2.11. The first-order valence-electron chi connectivity index (χ1n) is 6.99. The quantitative estimate of drug-likeness (QED) is 0.856. The highest BCUT2D eigenvalue weighted by Gasteiger charge is 2.22. The van der Waals surface area contributed by atoms with Crippen LogP contribution in [0.3, 0.4) is 0 Å². The van der Waals surface area contributed by atoms with Gasteiger partial charge in [0.15, 0.2) is 0 Å². The van der Waals surface area contributed by atoms with Crippen LogP contribution in [0.1, 0.15) is 30.7 Å². The van der Waals surface area contributed by atoms with Gasteiger partial charge in [-0.2, -0.15) is 5.10 Å². The molecule has 1 aromatic rings. The Hall–Kier alpha value is -1.56. The van der Waals surface area contributed by atoms with Gasteiger partial charge in [-0.25, -0.2) is 4.79 Å². The average molecular weight is 264 g/mol. The van der Waals surface area contributed by atoms with E-state index in [0.29, 0.717) is 25.7 Å². The summed E-state index contributed by atoms with van der Waals surface area (Å²) in [5, 5.41) is 17.1. The topological polar surface area (TPSA) is 70.4 Å². The summed E-state index contributed by atoms with van der Waals surface area (Å²) in [4.78, 5) is 12.4. The van der Waals surface area contributed by atoms with Crippen molar-refractivity contribution in [1.29, 1.82) is 0 Å². The zero-order chi connectivity index (χ0) is 13.2. The molecule has 2 aliphatic rings. The molecule has 0 bridgehead atoms. The Labute approximate surface area is 112 Å². The molecule has 6 nitrogen and oxygen atoms in total. The van der Waals surface area contributed by atoms with Crippen LogP contribution in [-0.2, 0) is 19.5 Å². The minimum atomic E-state index is -0.843. The van der Waals surface area contributed by atoms with Crippen molar-refractivity contribution < 1.29 is 9.90 Å². The van der Waals surface area contributed by atoms with Crippen LogP contribution < -0.4 is 5.32 Å². The van der Waals surface area contributed by atoms with E-state index in [9.17, 15) is 4.79 Å². The highest BCUT2D eigenvalue weighted by atomic mass is 16.4. The van der Waals surface area contributed by atoms with Crippen molar-refractivity contribution in [3.05, 3.63) is 17.5 Å². The Kier molecular flexibility index (Phi) is 3.42. The number of rotatable bonds is 3. The van der Waals surface area contributed by atoms with Gasteiger partial charge in [-0.1, -0.05) is 0 Å². The third-order valence-electron chi connectivity index (χ3n) is 4.03. The minimum Gasteiger partial charge on any atom is -0.465 e. The normalized spacial score (nSPS) is 22.5. The third kappa shape index (κ3) is 2.73. The second-order valence-corrected chi connectivity index (χ2v) is 5.39. The molecule has 1 unspecified atom stereocenters. The van der Waals surface area contributed by atoms with Crippen molar-refractivity contribution in [2.75, 3.05) is 13.1 Å². The molecule has 6 heteroatoms. The van der Waals surface area contributed by atoms with Gasteiger partial charge in [-0.05, 0) is 38.3 Å². The first kappa shape index (κ1) is 12.5. The number of aromatic nitrogens is 2. The Balaban J connectivity index is 1.61. The Morgan fingerprint density at radius 3 is 3.16 bits per heavy atom. The Bertz CT molecular complexity index is 465. The van der Waals surface area contributed by atoms with Crippen LogP contribution in [0.15, 0.2) is 6.07 Å². The van der Waals surface area contributed by atoms with Crippen LogP contribution in [-0.4, -0.2) is 45.0 Å². The number of nitrogens with one attached hydrogen (secondary N) is 1. The fourth-order valence-electron chi connectivity index (χ4n) is 2.94. The van der Waals surface area contributed by atoms with Gasteiger partial charge in [0, 0.05) is 12.6 Å². The van der Waals surface area contributed by atoms with Crippen LogP contribution in [0.4, 0.5) is 4.79 Å². The molecule has 1 aromatic heterocycles. The van der Waals surface area contributed by atoms with Crippen molar-refractivity contribution in [1.82, 2.24) is 20.0 Å². The molecule has 2 aliphatic heterocycles. The zero-order valence-corrected chi connectivity index (χ0v) is 11.0. The van der Waals surface area contributed by atoms with Crippen molar-refractivity contribution in [3.63, 3.8) is 0 Å². The largest absolute Gasteiger partial charge is 0.465 e. The van der Waals surface area contributed by atoms with Gasteiger partial charge >= 0.3 is 6.09 Å². The smallest absolute Gasteiger partial charge is 0.407 e. The molecule has 1 fully saturated rings. The van der Waals surface area contributed by atoms with Crippen LogP contribution in [0.5, 0.6) is 0 Å². The van der Waals surface area contributed by atoms with Crippen LogP contribution in [0.2, 0.25) is 0 Å². The van der Waals surface area contributed by atoms with Gasteiger partial charge in [0.05, 0.1) is 24.5 Å². The predicted octanol–water partition coefficient (Wildman–Crippen LogP) is 1.06. The van der Waals surface area contributed by atoms with E-state index < -0.39 is 6.09 Å². The van der Waals surface area contributed by atoms with Gasteiger partial charge in [-0.15, -0.1) is 0 Å². The molecule has 0 spiro atoms. The fraction of sp³-hybridized carbons (Fsp3) is 0.692. The van der Waals surface area contributed by atoms with Crippen molar-refractivity contribution in [3.8, 4) is 0 Å². The third-order valence-corrected chi connectivity index (χ3v) is 4.03. The maximum Gasteiger partial charge on any atom is 0.407 e. The minimum absolute atomic E-state index is 0.462. The number of hydrogen-bond donors (Lipinski definition) is 2. The zero-order valence-electron chi connectivity index (χ0n) is 11.0. The van der Waals surface area contributed by atoms with Crippen LogP contribution in [0, 0.1) is 0 Å². The monoisotopic (exact) mass is 264 g/mol. The van der Waals surface area contributed by atoms with Gasteiger partial charge in [0.25, 0.3) is 0 Å². The van der Waals surface area contributed by atoms with Crippen LogP contribution >= 0.6 is 0 Å². The summed E-state index contributed by atoms with van der Waals surface area (Å²) >= 11 is 0. The molecular weight excluding hydrogens is 244 g/mol. The fourth-order valence-corrected chi connectivity index (χ4v) is 2.94. The first-order valence-corrected chi connectivity index (χ1v) is 6.99. The molecular formula is C13H20N4O2. The maximum absolute atomic E-state index is 11.0. The first-order chi connectivity index (χ1) is 9.22. The molecule has 0 saturated carbocycles. The predicted molar refractivity (Wildman–Crippen MR) is 70.0 cm³/mol. The lowest BCUT2D eigenvalue weighted by Crippen LogP contribution is -2.37. The van der Waals surface area contributed by atoms with E-state index in [-0.39, 0.29) is 0 Å². The Morgan fingerprint density at radius 2 is 2.42 bits per heavy atom. The summed E-state index contributed by atoms with van der Waals surface area (Å²) in [7, 11) is 0. The number of nitrogens with zero attached hydrogens (tertiary/aromatic N) is 3. The van der Waals surface area contributed by atoms with E-state index in [1.54, 1.807) is 0 Å². The number of hydrogen-bond acceptors (Lipinski definition) is 3. The highest BCUT2D eigenvalue weighted by Crippen LogP contribution is 2.17. The number of fused-ring (bicyclic) bond motifs is 1. The molecule has 3 heterocycles. The Morgan fingerprint density at radius 1 is 1.53 bits per heavy atom. The lowest BCUT2D eigenvalue weighted by Gasteiger charge is -2.24. The number of aryl methyl sites for hydroxylation is 1. The second kappa shape index (κ2) is 5.21. The van der Waals surface area contributed by atoms with E-state index >= 15 is 0 Å². The summed E-state index contributed by atoms with van der Waals surface area (Å²) in [5.74, 6) is 0. The average Bonchev–Trinajstić information content (AvgIpc) is 3.04. The van der Waals surface area contributed by atoms with Crippen molar-refractivity contribution >= 4 is 6.09 Å². The maximum atomic E-state index is 11.0. The molecule has 104 valence electrons. The summed E-state index contributed by atoms with van der Waals surface area (Å²) in [6, 6.07) is 2.69. The SMILES string of the molecule is O=C(O)N1CCn2nc(CCC3CCCN3)cc2C1. The van der Waals surface area contributed by atoms with E-state index in [4.69, 9.17) is 5.11 Å². The molecule has 1 amide bonds. The van der Waals surface area contributed by atoms with Crippen molar-refractivity contribution in [2.24, 2.45) is 0 Å². The molecule has 3 rings (SSSR count). The second-order valence-electron chi connectivity index (χ2n) is 5.39. The number of carbonyl (C=O) groups is 1. The molecule has 1 atom stereocenters. The standard InChI is InChI=1S/C13H20N4O2/c18-13(19)16-6-7-17-12(9-16)8-11(15-17)4-3-10-2-1-5-14-10/h8,10,14H,1-7,9H2,(H,18,19). The molecule has 19 heavy (non-hydrogen) atoms. The molecule has 1 saturated heterocycles. The van der Waals surface area contributed by atoms with Gasteiger partial charge in [-0.3, -0.25) is 4.68 Å². The highest BCUT2D eigenvalue weighted by molar-refractivity contribution is 5.65. The molecule has 2 N–H and O–H groups in total. The van der Waals surface area contributed by atoms with Crippen molar-refractivity contribution in [2.45, 2.75) is 44.8 Å². The molecule has 0 radical (unpaired) electrons. The van der Waals surface area contributed by atoms with E-state index in [1.165, 1.54) is 17.7 Å². The lowest BCUT2D eigenvalue weighted by molar-refractivity contribution is 0.131. The van der Waals surface area contributed by atoms with Gasteiger partial charge in [0.2, 0.25) is 0 Å². The van der Waals surface area contributed by atoms with E-state index in [0.717, 1.165) is 30.8 Å². The van der Waals surface area contributed by atoms with Crippen LogP contribution in [0.25, 0.3) is 0 Å². The van der Waals surface area contributed by atoms with Gasteiger partial charge < -0.3 is 15.3 Å². The van der Waals surface area contributed by atoms with E-state index in [2.05, 4.69) is 16.5 Å². The molecule has 0 aliphatic carbocycles. The number of amides is 1. The summed E-state index contributed by atoms with van der Waals surface area (Å²) in [6.07, 6.45) is 3.80. The van der Waals surface area contributed by atoms with E-state index in [1.807, 2.05) is 4.68 Å². The summed E-state index contributed by atoms with van der Waals surface area (Å²) < 4.78 is 1.96. The van der Waals surface area contributed by atoms with Gasteiger partial charge in [0.1, 0.15) is 0 Å². The molecule has 0 aromatic carbocycles.